The summed E-state index contributed by atoms with van der Waals surface area (Å²) < 4.78 is 6.16. The molecule has 0 spiro atoms. The van der Waals surface area contributed by atoms with Crippen molar-refractivity contribution in [3.63, 3.8) is 0 Å². The first-order valence-corrected chi connectivity index (χ1v) is 6.90. The summed E-state index contributed by atoms with van der Waals surface area (Å²) in [6, 6.07) is 6.73. The first-order chi connectivity index (χ1) is 8.96. The maximum absolute atomic E-state index is 12.0. The number of carbonyl (C=O) groups excluding carboxylic acids is 1. The number of amides is 1. The van der Waals surface area contributed by atoms with Crippen LogP contribution in [0.3, 0.4) is 0 Å². The zero-order chi connectivity index (χ0) is 14.5. The Labute approximate surface area is 127 Å². The molecule has 0 aliphatic carbocycles. The fourth-order valence-corrected chi connectivity index (χ4v) is 2.04. The number of benzene rings is 1. The number of ether oxygens (including phenoxy) is 1. The number of hydrogen-bond donors (Lipinski definition) is 1. The van der Waals surface area contributed by atoms with Crippen molar-refractivity contribution in [3.05, 3.63) is 29.8 Å². The second-order valence-electron chi connectivity index (χ2n) is 4.22. The van der Waals surface area contributed by atoms with Gasteiger partial charge >= 0.3 is 0 Å². The lowest BCUT2D eigenvalue weighted by molar-refractivity contribution is 0.0812. The van der Waals surface area contributed by atoms with E-state index in [2.05, 4.69) is 5.43 Å². The Morgan fingerprint density at radius 2 is 2.05 bits per heavy atom. The summed E-state index contributed by atoms with van der Waals surface area (Å²) in [5, 5.41) is 0. The van der Waals surface area contributed by atoms with Gasteiger partial charge in [0.1, 0.15) is 5.75 Å². The number of carbonyl (C=O) groups is 1. The fraction of sp³-hybridized carbons (Fsp3) is 0.417. The zero-order valence-corrected chi connectivity index (χ0v) is 12.9. The highest BCUT2D eigenvalue weighted by molar-refractivity contribution is 6.23. The number of rotatable bonds is 6. The van der Waals surface area contributed by atoms with Crippen LogP contribution < -0.4 is 10.2 Å². The molecule has 0 radical (unpaired) electrons. The molecule has 1 aromatic rings. The molecule has 1 rings (SSSR count). The minimum Gasteiger partial charge on any atom is -0.497 e. The SMILES string of the molecule is COc1cccc(C(=O)NN(Cl)C(C)(CCl)CCl)c1. The molecular formula is C12H15Cl3N2O2. The number of halogens is 3. The Morgan fingerprint density at radius 1 is 1.42 bits per heavy atom. The Bertz CT molecular complexity index is 439. The Balaban J connectivity index is 2.79. The van der Waals surface area contributed by atoms with Gasteiger partial charge in [-0.25, -0.2) is 0 Å². The van der Waals surface area contributed by atoms with Gasteiger partial charge in [-0.15, -0.1) is 27.7 Å². The van der Waals surface area contributed by atoms with E-state index in [1.165, 1.54) is 7.11 Å². The molecule has 1 amide bonds. The highest BCUT2D eigenvalue weighted by Crippen LogP contribution is 2.20. The van der Waals surface area contributed by atoms with Crippen LogP contribution in [0.25, 0.3) is 0 Å². The molecule has 0 aliphatic heterocycles. The van der Waals surface area contributed by atoms with E-state index in [4.69, 9.17) is 39.7 Å². The Morgan fingerprint density at radius 3 is 2.58 bits per heavy atom. The van der Waals surface area contributed by atoms with Crippen molar-refractivity contribution in [1.29, 1.82) is 0 Å². The van der Waals surface area contributed by atoms with Crippen LogP contribution in [0, 0.1) is 0 Å². The summed E-state index contributed by atoms with van der Waals surface area (Å²) in [7, 11) is 1.53. The third kappa shape index (κ3) is 4.14. The van der Waals surface area contributed by atoms with Gasteiger partial charge in [0.05, 0.1) is 12.6 Å². The quantitative estimate of drug-likeness (QED) is 0.496. The van der Waals surface area contributed by atoms with Crippen LogP contribution in [0.15, 0.2) is 24.3 Å². The van der Waals surface area contributed by atoms with Gasteiger partial charge in [0.15, 0.2) is 0 Å². The lowest BCUT2D eigenvalue weighted by Crippen LogP contribution is -2.52. The van der Waals surface area contributed by atoms with E-state index in [1.807, 2.05) is 0 Å². The van der Waals surface area contributed by atoms with Crippen molar-refractivity contribution in [1.82, 2.24) is 9.95 Å². The van der Waals surface area contributed by atoms with Gasteiger partial charge < -0.3 is 4.74 Å². The molecule has 0 unspecified atom stereocenters. The molecule has 0 fully saturated rings. The summed E-state index contributed by atoms with van der Waals surface area (Å²) in [6.45, 7) is 1.74. The van der Waals surface area contributed by atoms with Crippen LogP contribution in [0.2, 0.25) is 0 Å². The van der Waals surface area contributed by atoms with Crippen LogP contribution in [0.1, 0.15) is 17.3 Å². The van der Waals surface area contributed by atoms with Gasteiger partial charge in [-0.2, -0.15) is 0 Å². The van der Waals surface area contributed by atoms with E-state index in [1.54, 1.807) is 31.2 Å². The number of hydrazine groups is 1. The topological polar surface area (TPSA) is 41.6 Å². The van der Waals surface area contributed by atoms with Crippen molar-refractivity contribution in [2.75, 3.05) is 18.9 Å². The first-order valence-electron chi connectivity index (χ1n) is 5.50. The van der Waals surface area contributed by atoms with Crippen molar-refractivity contribution >= 4 is 40.9 Å². The summed E-state index contributed by atoms with van der Waals surface area (Å²) >= 11 is 17.6. The average Bonchev–Trinajstić information content (AvgIpc) is 2.46. The molecule has 0 atom stereocenters. The lowest BCUT2D eigenvalue weighted by Gasteiger charge is -2.32. The molecule has 106 valence electrons. The highest BCUT2D eigenvalue weighted by atomic mass is 35.5. The zero-order valence-electron chi connectivity index (χ0n) is 10.6. The summed E-state index contributed by atoms with van der Waals surface area (Å²) in [5.41, 5.74) is 2.22. The largest absolute Gasteiger partial charge is 0.497 e. The molecule has 0 saturated heterocycles. The molecule has 0 saturated carbocycles. The van der Waals surface area contributed by atoms with Gasteiger partial charge in [0.25, 0.3) is 5.91 Å². The van der Waals surface area contributed by atoms with E-state index < -0.39 is 5.54 Å². The van der Waals surface area contributed by atoms with Gasteiger partial charge in [-0.1, -0.05) is 6.07 Å². The average molecular weight is 326 g/mol. The van der Waals surface area contributed by atoms with Gasteiger partial charge in [-0.05, 0) is 25.1 Å². The normalized spacial score (nSPS) is 11.5. The minimum absolute atomic E-state index is 0.179. The number of hydrogen-bond acceptors (Lipinski definition) is 3. The molecule has 1 aromatic carbocycles. The van der Waals surface area contributed by atoms with E-state index >= 15 is 0 Å². The van der Waals surface area contributed by atoms with Gasteiger partial charge in [-0.3, -0.25) is 10.2 Å². The van der Waals surface area contributed by atoms with Crippen LogP contribution >= 0.6 is 35.0 Å². The van der Waals surface area contributed by atoms with Crippen molar-refractivity contribution in [2.24, 2.45) is 0 Å². The maximum atomic E-state index is 12.0. The van der Waals surface area contributed by atoms with E-state index in [-0.39, 0.29) is 17.7 Å². The van der Waals surface area contributed by atoms with Crippen LogP contribution in [-0.2, 0) is 0 Å². The third-order valence-electron chi connectivity index (χ3n) is 2.58. The number of alkyl halides is 2. The molecule has 19 heavy (non-hydrogen) atoms. The molecule has 0 heterocycles. The van der Waals surface area contributed by atoms with Crippen LogP contribution in [0.5, 0.6) is 5.75 Å². The van der Waals surface area contributed by atoms with Crippen molar-refractivity contribution in [2.45, 2.75) is 12.5 Å². The summed E-state index contributed by atoms with van der Waals surface area (Å²) in [4.78, 5) is 12.0. The Kier molecular flexibility index (Phi) is 6.20. The van der Waals surface area contributed by atoms with Crippen molar-refractivity contribution in [3.8, 4) is 5.75 Å². The molecule has 0 bridgehead atoms. The predicted molar refractivity (Wildman–Crippen MR) is 78.0 cm³/mol. The Hall–Kier alpha value is -0.680. The van der Waals surface area contributed by atoms with Crippen LogP contribution in [0.4, 0.5) is 0 Å². The first kappa shape index (κ1) is 16.4. The summed E-state index contributed by atoms with van der Waals surface area (Å²) in [6.07, 6.45) is 0. The second kappa shape index (κ2) is 7.20. The standard InChI is InChI=1S/C12H15Cl3N2O2/c1-12(7-13,8-14)17(15)16-11(18)9-4-3-5-10(6-9)19-2/h3-6H,7-8H2,1-2H3,(H,16,18). The third-order valence-corrected chi connectivity index (χ3v) is 4.23. The molecular weight excluding hydrogens is 311 g/mol. The van der Waals surface area contributed by atoms with E-state index in [0.717, 1.165) is 4.53 Å². The fourth-order valence-electron chi connectivity index (χ4n) is 1.19. The van der Waals surface area contributed by atoms with E-state index in [9.17, 15) is 4.79 Å². The number of nitrogens with one attached hydrogen (secondary N) is 1. The monoisotopic (exact) mass is 324 g/mol. The number of methoxy groups -OCH3 is 1. The highest BCUT2D eigenvalue weighted by Gasteiger charge is 2.31. The van der Waals surface area contributed by atoms with Crippen LogP contribution in [-0.4, -0.2) is 34.8 Å². The molecule has 0 aromatic heterocycles. The summed E-state index contributed by atoms with van der Waals surface area (Å²) in [5.74, 6) is 0.582. The maximum Gasteiger partial charge on any atom is 0.266 e. The molecule has 4 nitrogen and oxygen atoms in total. The van der Waals surface area contributed by atoms with Gasteiger partial charge in [0, 0.05) is 29.1 Å². The number of nitrogens with zero attached hydrogens (tertiary/aromatic N) is 1. The second-order valence-corrected chi connectivity index (χ2v) is 5.09. The van der Waals surface area contributed by atoms with E-state index in [0.29, 0.717) is 11.3 Å². The van der Waals surface area contributed by atoms with Crippen molar-refractivity contribution < 1.29 is 9.53 Å². The molecule has 0 aliphatic rings. The predicted octanol–water partition coefficient (Wildman–Crippen LogP) is 3.03. The molecule has 1 N–H and O–H groups in total. The minimum atomic E-state index is -0.737. The molecule has 7 heteroatoms. The van der Waals surface area contributed by atoms with Gasteiger partial charge in [0.2, 0.25) is 0 Å². The smallest absolute Gasteiger partial charge is 0.266 e. The lowest BCUT2D eigenvalue weighted by atomic mass is 10.1.